The van der Waals surface area contributed by atoms with E-state index in [1.54, 1.807) is 0 Å². The van der Waals surface area contributed by atoms with Gasteiger partial charge in [-0.3, -0.25) is 4.98 Å². The monoisotopic (exact) mass is 1100 g/mol. The topological polar surface area (TPSA) is 56.7 Å². The zero-order valence-corrected chi connectivity index (χ0v) is 43.8. The number of hydrogen-bond acceptors (Lipinski definition) is 4. The molecule has 1 saturated carbocycles. The van der Waals surface area contributed by atoms with Gasteiger partial charge in [-0.25, -0.2) is 4.98 Å². The van der Waals surface area contributed by atoms with E-state index in [0.29, 0.717) is 11.6 Å². The molecule has 0 atom stereocenters. The summed E-state index contributed by atoms with van der Waals surface area (Å²) in [5, 5.41) is 2.08. The predicted octanol–water partition coefficient (Wildman–Crippen LogP) is 15.0. The van der Waals surface area contributed by atoms with Crippen molar-refractivity contribution in [2.75, 3.05) is 0 Å². The maximum Gasteiger partial charge on any atom is 0.216 e. The van der Waals surface area contributed by atoms with Crippen LogP contribution in [-0.2, 0) is 31.9 Å². The van der Waals surface area contributed by atoms with Crippen LogP contribution in [0.15, 0.2) is 132 Å². The number of imidazole rings is 1. The molecule has 1 aliphatic carbocycles. The fraction of sp³-hybridized carbons (Fsp3) is 0.293. The molecule has 4 aromatic heterocycles. The van der Waals surface area contributed by atoms with E-state index >= 15 is 0 Å². The number of nitrogens with zero attached hydrogens (tertiary/aromatic N) is 4. The van der Waals surface area contributed by atoms with E-state index in [4.69, 9.17) is 14.4 Å². The van der Waals surface area contributed by atoms with E-state index in [2.05, 4.69) is 184 Å². The molecular weight excluding hydrogens is 1030 g/mol. The zero-order chi connectivity index (χ0) is 44.8. The second kappa shape index (κ2) is 19.0. The molecule has 1 radical (unpaired) electrons. The van der Waals surface area contributed by atoms with Crippen molar-refractivity contribution in [1.82, 2.24) is 19.5 Å². The summed E-state index contributed by atoms with van der Waals surface area (Å²) in [4.78, 5) is 15.0. The van der Waals surface area contributed by atoms with Crippen molar-refractivity contribution in [2.24, 2.45) is 5.92 Å². The molecule has 0 N–H and O–H groups in total. The molecule has 1 fully saturated rings. The summed E-state index contributed by atoms with van der Waals surface area (Å²) in [5.41, 5.74) is 14.9. The van der Waals surface area contributed by atoms with Crippen molar-refractivity contribution in [3.8, 4) is 39.5 Å². The SMILES string of the molecule is CC(C)c1cc(-c2[c-]cccc2)nc[c]1[Ge]([CH3])([CH3])[CH3].Cc1ccc2nc(-c3[c-]ccc4c3oc3nc(CC5CCCC5)ccc34)n(-c3ccc(-c4ccccc4)cc3C(C)(C)C)c2c1.[Ir]. The van der Waals surface area contributed by atoms with Gasteiger partial charge in [-0.05, 0) is 83.3 Å². The van der Waals surface area contributed by atoms with Crippen molar-refractivity contribution in [3.63, 3.8) is 0 Å². The van der Waals surface area contributed by atoms with Crippen molar-refractivity contribution in [3.05, 3.63) is 162 Å². The van der Waals surface area contributed by atoms with Crippen LogP contribution in [0.3, 0.4) is 0 Å². The Morgan fingerprint density at radius 2 is 1.55 bits per heavy atom. The molecule has 5 nitrogen and oxygen atoms in total. The van der Waals surface area contributed by atoms with Gasteiger partial charge in [-0.2, -0.15) is 0 Å². The van der Waals surface area contributed by atoms with Crippen LogP contribution in [0.4, 0.5) is 0 Å². The molecule has 0 amide bonds. The molecule has 7 heteroatoms. The molecule has 65 heavy (non-hydrogen) atoms. The van der Waals surface area contributed by atoms with Crippen LogP contribution >= 0.6 is 0 Å². The Bertz CT molecular complexity index is 3090. The van der Waals surface area contributed by atoms with Gasteiger partial charge in [-0.15, -0.1) is 18.2 Å². The van der Waals surface area contributed by atoms with Gasteiger partial charge in [0.25, 0.3) is 0 Å². The number of fused-ring (bicyclic) bond motifs is 4. The van der Waals surface area contributed by atoms with Gasteiger partial charge in [0.15, 0.2) is 0 Å². The molecule has 0 spiro atoms. The van der Waals surface area contributed by atoms with Crippen LogP contribution in [0.25, 0.3) is 72.6 Å². The summed E-state index contributed by atoms with van der Waals surface area (Å²) in [7, 11) is 0. The minimum absolute atomic E-state index is 0. The van der Waals surface area contributed by atoms with Gasteiger partial charge in [0.1, 0.15) is 0 Å². The summed E-state index contributed by atoms with van der Waals surface area (Å²) in [5.74, 6) is 9.39. The van der Waals surface area contributed by atoms with Gasteiger partial charge < -0.3 is 8.98 Å². The first-order chi connectivity index (χ1) is 30.7. The molecule has 0 bridgehead atoms. The number of hydrogen-bond donors (Lipinski definition) is 0. The molecule has 0 unspecified atom stereocenters. The Labute approximate surface area is 401 Å². The molecule has 0 saturated heterocycles. The Morgan fingerprint density at radius 3 is 2.26 bits per heavy atom. The third-order valence-corrected chi connectivity index (χ3v) is 17.1. The van der Waals surface area contributed by atoms with Gasteiger partial charge in [0.2, 0.25) is 5.71 Å². The molecule has 4 heterocycles. The molecule has 0 aliphatic heterocycles. The average molecular weight is 1090 g/mol. The minimum Gasteiger partial charge on any atom is -0.486 e. The smallest absolute Gasteiger partial charge is 0.216 e. The van der Waals surface area contributed by atoms with E-state index in [1.165, 1.54) is 57.9 Å². The summed E-state index contributed by atoms with van der Waals surface area (Å²) in [6, 6.07) is 49.5. The minimum atomic E-state index is -1.85. The largest absolute Gasteiger partial charge is 0.486 e. The van der Waals surface area contributed by atoms with E-state index < -0.39 is 13.3 Å². The maximum absolute atomic E-state index is 6.63. The van der Waals surface area contributed by atoms with E-state index in [1.807, 2.05) is 24.3 Å². The van der Waals surface area contributed by atoms with E-state index in [9.17, 15) is 0 Å². The molecule has 9 aromatic rings. The second-order valence-corrected chi connectivity index (χ2v) is 30.7. The van der Waals surface area contributed by atoms with Crippen LogP contribution in [0.5, 0.6) is 0 Å². The van der Waals surface area contributed by atoms with Crippen molar-refractivity contribution in [1.29, 1.82) is 0 Å². The van der Waals surface area contributed by atoms with E-state index in [0.717, 1.165) is 73.8 Å². The second-order valence-electron chi connectivity index (χ2n) is 20.2. The van der Waals surface area contributed by atoms with Gasteiger partial charge in [-0.1, -0.05) is 99.9 Å². The van der Waals surface area contributed by atoms with Crippen LogP contribution in [0.1, 0.15) is 88.6 Å². The summed E-state index contributed by atoms with van der Waals surface area (Å²) < 4.78 is 10.5. The fourth-order valence-electron chi connectivity index (χ4n) is 9.46. The van der Waals surface area contributed by atoms with Gasteiger partial charge in [0, 0.05) is 36.9 Å². The summed E-state index contributed by atoms with van der Waals surface area (Å²) in [6.07, 6.45) is 8.42. The van der Waals surface area contributed by atoms with Crippen LogP contribution in [0.2, 0.25) is 17.3 Å². The normalized spacial score (nSPS) is 13.4. The van der Waals surface area contributed by atoms with Gasteiger partial charge in [0.05, 0.1) is 22.4 Å². The number of aryl methyl sites for hydroxylation is 1. The first kappa shape index (κ1) is 46.4. The molecular formula is C58H60GeIrN4O-2. The standard InChI is InChI=1S/C41H38N3O.C17H22GeN.Ir/c1-26-17-21-35-37(23-26)44(36-22-18-29(25-34(36)41(2,3)4)28-13-6-5-7-14-28)39(43-35)33-16-10-15-31-32-20-19-30(24-27-11-8-9-12-27)42-40(32)45-38(31)33;1-13(2)15-11-17(14-9-7-6-8-10-14)19-12-16(15)18(3,4)5;/h5-7,10,13-15,17-23,25,27H,8-9,11-12,24H2,1-4H3;6-9,11-13H,1-5H3;/q2*-1;. The van der Waals surface area contributed by atoms with Crippen LogP contribution in [-0.4, -0.2) is 32.8 Å². The van der Waals surface area contributed by atoms with Crippen molar-refractivity contribution in [2.45, 2.75) is 102 Å². The average Bonchev–Trinajstić information content (AvgIpc) is 4.03. The van der Waals surface area contributed by atoms with Gasteiger partial charge >= 0.3 is 119 Å². The van der Waals surface area contributed by atoms with Crippen molar-refractivity contribution >= 4 is 50.8 Å². The Kier molecular flexibility index (Phi) is 13.6. The van der Waals surface area contributed by atoms with Crippen LogP contribution < -0.4 is 4.40 Å². The third-order valence-electron chi connectivity index (χ3n) is 12.9. The summed E-state index contributed by atoms with van der Waals surface area (Å²) >= 11 is -1.85. The summed E-state index contributed by atoms with van der Waals surface area (Å²) in [6.45, 7) is 13.5. The third kappa shape index (κ3) is 9.73. The Hall–Kier alpha value is -5.14. The zero-order valence-electron chi connectivity index (χ0n) is 39.3. The maximum atomic E-state index is 6.63. The fourth-order valence-corrected chi connectivity index (χ4v) is 13.0. The van der Waals surface area contributed by atoms with Crippen LogP contribution in [0, 0.1) is 25.0 Å². The molecule has 10 rings (SSSR count). The molecule has 5 aromatic carbocycles. The predicted molar refractivity (Wildman–Crippen MR) is 271 cm³/mol. The first-order valence-electron chi connectivity index (χ1n) is 23.1. The Balaban J connectivity index is 0.000000243. The van der Waals surface area contributed by atoms with Crippen molar-refractivity contribution < 1.29 is 24.5 Å². The van der Waals surface area contributed by atoms with E-state index in [-0.39, 0.29) is 25.5 Å². The number of pyridine rings is 2. The Morgan fingerprint density at radius 1 is 0.785 bits per heavy atom. The first-order valence-corrected chi connectivity index (χ1v) is 30.5. The number of furan rings is 1. The number of aromatic nitrogens is 4. The number of rotatable bonds is 8. The molecule has 333 valence electrons. The molecule has 1 aliphatic rings. The number of benzene rings is 5. The quantitative estimate of drug-likeness (QED) is 0.112.